The van der Waals surface area contributed by atoms with E-state index >= 15 is 0 Å². The Labute approximate surface area is 188 Å². The van der Waals surface area contributed by atoms with Crippen molar-refractivity contribution in [2.75, 3.05) is 31.1 Å². The Morgan fingerprint density at radius 3 is 2.59 bits per heavy atom. The molecule has 1 aromatic heterocycles. The minimum absolute atomic E-state index is 0.00267. The number of imidazole rings is 1. The van der Waals surface area contributed by atoms with Crippen molar-refractivity contribution in [1.29, 1.82) is 0 Å². The number of fused-ring (bicyclic) bond motifs is 1. The van der Waals surface area contributed by atoms with Crippen LogP contribution in [0.1, 0.15) is 32.3 Å². The predicted molar refractivity (Wildman–Crippen MR) is 125 cm³/mol. The number of nitrogens with zero attached hydrogens (tertiary/aromatic N) is 3. The Kier molecular flexibility index (Phi) is 6.73. The molecule has 0 spiro atoms. The minimum Gasteiger partial charge on any atom is -0.481 e. The molecule has 7 heteroatoms. The van der Waals surface area contributed by atoms with Crippen LogP contribution in [0.3, 0.4) is 0 Å². The van der Waals surface area contributed by atoms with Gasteiger partial charge in [-0.25, -0.2) is 4.98 Å². The van der Waals surface area contributed by atoms with Crippen molar-refractivity contribution in [2.24, 2.45) is 0 Å². The molecule has 32 heavy (non-hydrogen) atoms. The summed E-state index contributed by atoms with van der Waals surface area (Å²) in [7, 11) is 0. The van der Waals surface area contributed by atoms with Crippen molar-refractivity contribution < 1.29 is 14.3 Å². The number of amides is 1. The molecule has 1 amide bonds. The van der Waals surface area contributed by atoms with Gasteiger partial charge in [-0.2, -0.15) is 0 Å². The number of carbonyl (C=O) groups is 2. The van der Waals surface area contributed by atoms with Gasteiger partial charge in [-0.15, -0.1) is 0 Å². The molecule has 1 unspecified atom stereocenters. The number of hydrogen-bond donors (Lipinski definition) is 1. The number of ether oxygens (including phenoxy) is 1. The molecule has 1 fully saturated rings. The molecule has 1 N–H and O–H groups in total. The normalized spacial score (nSPS) is 15.4. The average molecular weight is 435 g/mol. The summed E-state index contributed by atoms with van der Waals surface area (Å²) in [6, 6.07) is 15.6. The molecule has 0 radical (unpaired) electrons. The number of hydrogen-bond acceptors (Lipinski definition) is 5. The molecule has 1 aliphatic rings. The number of nitrogens with one attached hydrogen (secondary N) is 1. The number of anilines is 1. The van der Waals surface area contributed by atoms with Crippen LogP contribution in [0.5, 0.6) is 5.75 Å². The summed E-state index contributed by atoms with van der Waals surface area (Å²) in [4.78, 5) is 36.3. The topological polar surface area (TPSA) is 78.5 Å². The molecule has 1 atom stereocenters. The van der Waals surface area contributed by atoms with Gasteiger partial charge in [-0.3, -0.25) is 4.79 Å². The lowest BCUT2D eigenvalue weighted by Gasteiger charge is -2.25. The molecule has 3 aromatic rings. The van der Waals surface area contributed by atoms with Crippen LogP contribution in [0.25, 0.3) is 11.0 Å². The third kappa shape index (κ3) is 5.28. The highest BCUT2D eigenvalue weighted by Crippen LogP contribution is 2.20. The third-order valence-corrected chi connectivity index (χ3v) is 5.83. The first kappa shape index (κ1) is 21.9. The van der Waals surface area contributed by atoms with Gasteiger partial charge in [0.2, 0.25) is 5.95 Å². The third-order valence-electron chi connectivity index (χ3n) is 5.83. The van der Waals surface area contributed by atoms with Gasteiger partial charge in [-0.05, 0) is 56.5 Å². The van der Waals surface area contributed by atoms with E-state index in [-0.39, 0.29) is 11.7 Å². The molecule has 1 saturated heterocycles. The number of benzene rings is 2. The maximum Gasteiger partial charge on any atom is 0.263 e. The number of H-pyrrole nitrogens is 1. The van der Waals surface area contributed by atoms with Crippen molar-refractivity contribution in [3.05, 3.63) is 54.1 Å². The Hall–Kier alpha value is -3.35. The number of ketones is 1. The Morgan fingerprint density at radius 1 is 1.06 bits per heavy atom. The number of rotatable bonds is 7. The second-order valence-corrected chi connectivity index (χ2v) is 8.35. The highest BCUT2D eigenvalue weighted by molar-refractivity contribution is 5.81. The van der Waals surface area contributed by atoms with E-state index in [0.717, 1.165) is 48.5 Å². The highest BCUT2D eigenvalue weighted by Gasteiger charge is 2.25. The van der Waals surface area contributed by atoms with E-state index in [1.54, 1.807) is 13.8 Å². The Bertz CT molecular complexity index is 1040. The van der Waals surface area contributed by atoms with Crippen LogP contribution in [-0.2, 0) is 16.0 Å². The monoisotopic (exact) mass is 434 g/mol. The standard InChI is InChI=1S/C25H30N4O3/c1-18(30)8-9-20-10-12-21(13-11-20)32-19(2)24(31)28-14-5-15-29(17-16-28)25-26-22-6-3-4-7-23(22)27-25/h3-4,6-7,10-13,19H,5,8-9,14-17H2,1-2H3,(H,26,27). The lowest BCUT2D eigenvalue weighted by atomic mass is 10.1. The van der Waals surface area contributed by atoms with Crippen LogP contribution in [0.15, 0.2) is 48.5 Å². The van der Waals surface area contributed by atoms with E-state index in [0.29, 0.717) is 25.3 Å². The summed E-state index contributed by atoms with van der Waals surface area (Å²) >= 11 is 0. The smallest absolute Gasteiger partial charge is 0.263 e. The second-order valence-electron chi connectivity index (χ2n) is 8.35. The molecule has 7 nitrogen and oxygen atoms in total. The molecule has 1 aliphatic heterocycles. The van der Waals surface area contributed by atoms with E-state index in [4.69, 9.17) is 9.72 Å². The lowest BCUT2D eigenvalue weighted by molar-refractivity contribution is -0.137. The van der Waals surface area contributed by atoms with Crippen LogP contribution >= 0.6 is 0 Å². The zero-order chi connectivity index (χ0) is 22.5. The molecule has 0 aliphatic carbocycles. The van der Waals surface area contributed by atoms with E-state index < -0.39 is 6.10 Å². The first-order valence-electron chi connectivity index (χ1n) is 11.2. The molecule has 0 saturated carbocycles. The molecule has 168 valence electrons. The van der Waals surface area contributed by atoms with Crippen molar-refractivity contribution in [1.82, 2.24) is 14.9 Å². The van der Waals surface area contributed by atoms with Gasteiger partial charge in [0.15, 0.2) is 6.10 Å². The van der Waals surface area contributed by atoms with Gasteiger partial charge >= 0.3 is 0 Å². The summed E-state index contributed by atoms with van der Waals surface area (Å²) in [6.07, 6.45) is 1.57. The predicted octanol–water partition coefficient (Wildman–Crippen LogP) is 3.59. The van der Waals surface area contributed by atoms with Crippen molar-refractivity contribution in [3.8, 4) is 5.75 Å². The summed E-state index contributed by atoms with van der Waals surface area (Å²) in [5.41, 5.74) is 3.06. The number of aromatic nitrogens is 2. The van der Waals surface area contributed by atoms with E-state index in [1.807, 2.05) is 53.4 Å². The van der Waals surface area contributed by atoms with Crippen LogP contribution in [-0.4, -0.2) is 58.8 Å². The lowest BCUT2D eigenvalue weighted by Crippen LogP contribution is -2.42. The number of aryl methyl sites for hydroxylation is 1. The number of Topliss-reactive ketones (excluding diaryl/α,β-unsaturated/α-hetero) is 1. The first-order chi connectivity index (χ1) is 15.5. The number of carbonyl (C=O) groups excluding carboxylic acids is 2. The van der Waals surface area contributed by atoms with Gasteiger partial charge < -0.3 is 24.3 Å². The van der Waals surface area contributed by atoms with Crippen molar-refractivity contribution >= 4 is 28.7 Å². The van der Waals surface area contributed by atoms with Crippen LogP contribution in [0, 0.1) is 0 Å². The fourth-order valence-corrected chi connectivity index (χ4v) is 4.01. The minimum atomic E-state index is -0.559. The molecule has 0 bridgehead atoms. The Balaban J connectivity index is 1.32. The van der Waals surface area contributed by atoms with Gasteiger partial charge in [0.05, 0.1) is 11.0 Å². The fraction of sp³-hybridized carbons (Fsp3) is 0.400. The average Bonchev–Trinajstić information content (AvgIpc) is 3.07. The van der Waals surface area contributed by atoms with Crippen molar-refractivity contribution in [2.45, 2.75) is 39.2 Å². The van der Waals surface area contributed by atoms with Crippen LogP contribution in [0.2, 0.25) is 0 Å². The van der Waals surface area contributed by atoms with E-state index in [2.05, 4.69) is 9.88 Å². The van der Waals surface area contributed by atoms with Gasteiger partial charge in [0, 0.05) is 32.6 Å². The SMILES string of the molecule is CC(=O)CCc1ccc(OC(C)C(=O)N2CCCN(c3nc4ccccc4[nH]3)CC2)cc1. The Morgan fingerprint density at radius 2 is 1.84 bits per heavy atom. The van der Waals surface area contributed by atoms with Crippen LogP contribution in [0.4, 0.5) is 5.95 Å². The molecule has 4 rings (SSSR count). The second kappa shape index (κ2) is 9.85. The molecule has 2 heterocycles. The molecular formula is C25H30N4O3. The maximum absolute atomic E-state index is 13.0. The summed E-state index contributed by atoms with van der Waals surface area (Å²) in [6.45, 7) is 6.31. The van der Waals surface area contributed by atoms with Gasteiger partial charge in [-0.1, -0.05) is 24.3 Å². The van der Waals surface area contributed by atoms with Gasteiger partial charge in [0.1, 0.15) is 11.5 Å². The summed E-state index contributed by atoms with van der Waals surface area (Å²) < 4.78 is 5.91. The molecular weight excluding hydrogens is 404 g/mol. The fourth-order valence-electron chi connectivity index (χ4n) is 4.01. The maximum atomic E-state index is 13.0. The van der Waals surface area contributed by atoms with Gasteiger partial charge in [0.25, 0.3) is 5.91 Å². The van der Waals surface area contributed by atoms with Crippen LogP contribution < -0.4 is 9.64 Å². The van der Waals surface area contributed by atoms with E-state index in [1.165, 1.54) is 0 Å². The molecule has 2 aromatic carbocycles. The number of aromatic amines is 1. The zero-order valence-corrected chi connectivity index (χ0v) is 18.7. The largest absolute Gasteiger partial charge is 0.481 e. The summed E-state index contributed by atoms with van der Waals surface area (Å²) in [5.74, 6) is 1.70. The van der Waals surface area contributed by atoms with E-state index in [9.17, 15) is 9.59 Å². The zero-order valence-electron chi connectivity index (χ0n) is 18.7. The summed E-state index contributed by atoms with van der Waals surface area (Å²) in [5, 5.41) is 0. The van der Waals surface area contributed by atoms with Crippen molar-refractivity contribution in [3.63, 3.8) is 0 Å². The quantitative estimate of drug-likeness (QED) is 0.615. The highest BCUT2D eigenvalue weighted by atomic mass is 16.5. The number of para-hydroxylation sites is 2. The first-order valence-corrected chi connectivity index (χ1v) is 11.2.